The lowest BCUT2D eigenvalue weighted by Gasteiger charge is -2.18. The van der Waals surface area contributed by atoms with E-state index in [1.54, 1.807) is 27.5 Å². The molecule has 0 aliphatic rings. The number of methoxy groups -OCH3 is 1. The van der Waals surface area contributed by atoms with Crippen LogP contribution in [-0.2, 0) is 16.0 Å². The van der Waals surface area contributed by atoms with Gasteiger partial charge >= 0.3 is 0 Å². The summed E-state index contributed by atoms with van der Waals surface area (Å²) in [6.45, 7) is 4.17. The predicted molar refractivity (Wildman–Crippen MR) is 119 cm³/mol. The second-order valence-corrected chi connectivity index (χ2v) is 6.29. The van der Waals surface area contributed by atoms with Crippen molar-refractivity contribution in [1.29, 1.82) is 0 Å². The molecular weight excluding hydrogens is 461 g/mol. The molecule has 0 fully saturated rings. The number of nitrogens with zero attached hydrogens (tertiary/aromatic N) is 3. The molecule has 0 saturated heterocycles. The standard InChI is InChI=1S/C18H33N5O3.HI/c1-22(2)17(24)15-21-18(19-9-8-16-7-5-14-26-16)20-10-12-23(3)11-6-13-25-4;/h5,7,14H,6,8-13,15H2,1-4H3,(H2,19,20,21);1H. The quantitative estimate of drug-likeness (QED) is 0.195. The van der Waals surface area contributed by atoms with E-state index in [0.717, 1.165) is 44.8 Å². The third-order valence-electron chi connectivity index (χ3n) is 3.79. The molecular formula is C18H34IN5O3. The van der Waals surface area contributed by atoms with Gasteiger partial charge in [-0.2, -0.15) is 0 Å². The van der Waals surface area contributed by atoms with Gasteiger partial charge in [-0.15, -0.1) is 24.0 Å². The number of carbonyl (C=O) groups excluding carboxylic acids is 1. The van der Waals surface area contributed by atoms with Crippen LogP contribution in [0.2, 0.25) is 0 Å². The number of amides is 1. The summed E-state index contributed by atoms with van der Waals surface area (Å²) in [5.41, 5.74) is 0. The van der Waals surface area contributed by atoms with E-state index in [-0.39, 0.29) is 36.4 Å². The number of hydrogen-bond acceptors (Lipinski definition) is 5. The van der Waals surface area contributed by atoms with E-state index in [1.165, 1.54) is 4.90 Å². The second-order valence-electron chi connectivity index (χ2n) is 6.29. The largest absolute Gasteiger partial charge is 0.469 e. The van der Waals surface area contributed by atoms with Crippen LogP contribution in [0.1, 0.15) is 12.2 Å². The predicted octanol–water partition coefficient (Wildman–Crippen LogP) is 1.03. The lowest BCUT2D eigenvalue weighted by atomic mass is 10.3. The molecule has 1 aromatic rings. The molecule has 1 rings (SSSR count). The minimum Gasteiger partial charge on any atom is -0.469 e. The highest BCUT2D eigenvalue weighted by Crippen LogP contribution is 1.99. The van der Waals surface area contributed by atoms with Crippen LogP contribution < -0.4 is 10.6 Å². The molecule has 0 aliphatic heterocycles. The molecule has 0 radical (unpaired) electrons. The topological polar surface area (TPSA) is 82.3 Å². The maximum Gasteiger partial charge on any atom is 0.243 e. The van der Waals surface area contributed by atoms with E-state index >= 15 is 0 Å². The normalized spacial score (nSPS) is 11.2. The van der Waals surface area contributed by atoms with Gasteiger partial charge in [0.1, 0.15) is 12.3 Å². The van der Waals surface area contributed by atoms with Gasteiger partial charge in [-0.3, -0.25) is 4.79 Å². The molecule has 8 nitrogen and oxygen atoms in total. The number of furan rings is 1. The SMILES string of the molecule is COCCCN(C)CCNC(=NCC(=O)N(C)C)NCCc1ccco1.I. The van der Waals surface area contributed by atoms with E-state index in [2.05, 4.69) is 27.6 Å². The highest BCUT2D eigenvalue weighted by molar-refractivity contribution is 14.0. The fraction of sp³-hybridized carbons (Fsp3) is 0.667. The Morgan fingerprint density at radius 1 is 1.22 bits per heavy atom. The minimum atomic E-state index is -0.0335. The maximum atomic E-state index is 11.8. The van der Waals surface area contributed by atoms with Gasteiger partial charge in [-0.05, 0) is 25.6 Å². The Morgan fingerprint density at radius 2 is 1.96 bits per heavy atom. The van der Waals surface area contributed by atoms with Gasteiger partial charge in [0, 0.05) is 60.4 Å². The number of nitrogens with one attached hydrogen (secondary N) is 2. The van der Waals surface area contributed by atoms with Crippen molar-refractivity contribution in [3.63, 3.8) is 0 Å². The van der Waals surface area contributed by atoms with Gasteiger partial charge in [0.25, 0.3) is 0 Å². The van der Waals surface area contributed by atoms with E-state index in [4.69, 9.17) is 9.15 Å². The minimum absolute atomic E-state index is 0. The zero-order valence-corrected chi connectivity index (χ0v) is 19.2. The van der Waals surface area contributed by atoms with Crippen molar-refractivity contribution in [2.24, 2.45) is 4.99 Å². The number of carbonyl (C=O) groups is 1. The Bertz CT molecular complexity index is 523. The zero-order valence-electron chi connectivity index (χ0n) is 16.9. The van der Waals surface area contributed by atoms with E-state index in [9.17, 15) is 4.79 Å². The van der Waals surface area contributed by atoms with Crippen molar-refractivity contribution in [2.45, 2.75) is 12.8 Å². The summed E-state index contributed by atoms with van der Waals surface area (Å²) in [6, 6.07) is 3.81. The monoisotopic (exact) mass is 495 g/mol. The van der Waals surface area contributed by atoms with Crippen molar-refractivity contribution in [3.8, 4) is 0 Å². The van der Waals surface area contributed by atoms with Gasteiger partial charge in [0.15, 0.2) is 5.96 Å². The molecule has 0 unspecified atom stereocenters. The molecule has 0 bridgehead atoms. The van der Waals surface area contributed by atoms with Crippen LogP contribution in [0.5, 0.6) is 0 Å². The van der Waals surface area contributed by atoms with Crippen LogP contribution in [0.3, 0.4) is 0 Å². The van der Waals surface area contributed by atoms with Crippen LogP contribution in [-0.4, -0.2) is 89.3 Å². The smallest absolute Gasteiger partial charge is 0.243 e. The summed E-state index contributed by atoms with van der Waals surface area (Å²) in [4.78, 5) is 19.9. The van der Waals surface area contributed by atoms with Crippen LogP contribution >= 0.6 is 24.0 Å². The average Bonchev–Trinajstić information content (AvgIpc) is 3.12. The van der Waals surface area contributed by atoms with Crippen molar-refractivity contribution >= 4 is 35.8 Å². The summed E-state index contributed by atoms with van der Waals surface area (Å²) < 4.78 is 10.4. The summed E-state index contributed by atoms with van der Waals surface area (Å²) in [5, 5.41) is 6.53. The average molecular weight is 495 g/mol. The van der Waals surface area contributed by atoms with Gasteiger partial charge in [0.05, 0.1) is 6.26 Å². The summed E-state index contributed by atoms with van der Waals surface area (Å²) >= 11 is 0. The summed E-state index contributed by atoms with van der Waals surface area (Å²) in [7, 11) is 7.25. The maximum absolute atomic E-state index is 11.8. The van der Waals surface area contributed by atoms with E-state index in [0.29, 0.717) is 12.5 Å². The molecule has 0 saturated carbocycles. The Hall–Kier alpha value is -1.33. The Labute approximate surface area is 179 Å². The first-order valence-corrected chi connectivity index (χ1v) is 8.95. The van der Waals surface area contributed by atoms with Crippen LogP contribution in [0.15, 0.2) is 27.8 Å². The molecule has 9 heteroatoms. The van der Waals surface area contributed by atoms with Crippen molar-refractivity contribution in [2.75, 3.05) is 67.6 Å². The molecule has 2 N–H and O–H groups in total. The van der Waals surface area contributed by atoms with E-state index in [1.807, 2.05) is 12.1 Å². The fourth-order valence-corrected chi connectivity index (χ4v) is 2.18. The first kappa shape index (κ1) is 25.7. The van der Waals surface area contributed by atoms with Gasteiger partial charge in [0.2, 0.25) is 5.91 Å². The first-order valence-electron chi connectivity index (χ1n) is 8.95. The number of guanidine groups is 1. The van der Waals surface area contributed by atoms with Gasteiger partial charge < -0.3 is 29.6 Å². The number of hydrogen-bond donors (Lipinski definition) is 2. The number of rotatable bonds is 12. The molecule has 0 atom stereocenters. The van der Waals surface area contributed by atoms with Gasteiger partial charge in [-0.1, -0.05) is 0 Å². The number of ether oxygens (including phenoxy) is 1. The molecule has 27 heavy (non-hydrogen) atoms. The fourth-order valence-electron chi connectivity index (χ4n) is 2.18. The van der Waals surface area contributed by atoms with Crippen LogP contribution in [0.4, 0.5) is 0 Å². The number of aliphatic imine (C=N–C) groups is 1. The van der Waals surface area contributed by atoms with Gasteiger partial charge in [-0.25, -0.2) is 4.99 Å². The van der Waals surface area contributed by atoms with Crippen molar-refractivity contribution < 1.29 is 13.9 Å². The lowest BCUT2D eigenvalue weighted by Crippen LogP contribution is -2.42. The van der Waals surface area contributed by atoms with Crippen LogP contribution in [0, 0.1) is 0 Å². The molecule has 1 heterocycles. The zero-order chi connectivity index (χ0) is 19.2. The Morgan fingerprint density at radius 3 is 2.59 bits per heavy atom. The number of likely N-dealkylation sites (N-methyl/N-ethyl adjacent to an activating group) is 2. The molecule has 156 valence electrons. The third-order valence-corrected chi connectivity index (χ3v) is 3.79. The second kappa shape index (κ2) is 15.7. The molecule has 0 spiro atoms. The van der Waals surface area contributed by atoms with Crippen molar-refractivity contribution in [3.05, 3.63) is 24.2 Å². The molecule has 1 aromatic heterocycles. The highest BCUT2D eigenvalue weighted by atomic mass is 127. The lowest BCUT2D eigenvalue weighted by molar-refractivity contribution is -0.127. The van der Waals surface area contributed by atoms with Crippen LogP contribution in [0.25, 0.3) is 0 Å². The molecule has 0 aliphatic carbocycles. The molecule has 1 amide bonds. The Balaban J connectivity index is 0.00000676. The third kappa shape index (κ3) is 12.6. The first-order chi connectivity index (χ1) is 12.5. The number of halogens is 1. The highest BCUT2D eigenvalue weighted by Gasteiger charge is 2.05. The molecule has 0 aromatic carbocycles. The van der Waals surface area contributed by atoms with E-state index < -0.39 is 0 Å². The Kier molecular flexibility index (Phi) is 14.9. The summed E-state index contributed by atoms with van der Waals surface area (Å²) in [6.07, 6.45) is 3.43. The summed E-state index contributed by atoms with van der Waals surface area (Å²) in [5.74, 6) is 1.52. The van der Waals surface area contributed by atoms with Crippen molar-refractivity contribution in [1.82, 2.24) is 20.4 Å².